The van der Waals surface area contributed by atoms with Gasteiger partial charge in [-0.1, -0.05) is 36.4 Å². The summed E-state index contributed by atoms with van der Waals surface area (Å²) in [6.45, 7) is 14.2. The summed E-state index contributed by atoms with van der Waals surface area (Å²) in [5.74, 6) is 0. The molecule has 0 aromatic heterocycles. The van der Waals surface area contributed by atoms with Crippen molar-refractivity contribution >= 4 is 85.6 Å². The summed E-state index contributed by atoms with van der Waals surface area (Å²) in [7, 11) is -1.17. The molecule has 29 heteroatoms. The second-order valence-electron chi connectivity index (χ2n) is 17.9. The molecule has 4 aliphatic heterocycles. The van der Waals surface area contributed by atoms with E-state index in [1.807, 2.05) is 45.0 Å². The number of carbonyl (C=O) groups excluding carboxylic acids is 2. The monoisotopic (exact) mass is 1290 g/mol. The van der Waals surface area contributed by atoms with Crippen molar-refractivity contribution in [2.45, 2.75) is 104 Å². The zero-order valence-corrected chi connectivity index (χ0v) is 52.9. The van der Waals surface area contributed by atoms with Crippen LogP contribution in [0.15, 0.2) is 84.2 Å². The Morgan fingerprint density at radius 1 is 0.709 bits per heavy atom. The summed E-state index contributed by atoms with van der Waals surface area (Å²) < 4.78 is 47.9. The maximum atomic E-state index is 12.2. The van der Waals surface area contributed by atoms with E-state index in [4.69, 9.17) is 72.6 Å². The molecule has 0 radical (unpaired) electrons. The standard InChI is InChI=1S/C14H18N2O4.C14H20N2O2.C9H10N2O2.C9H11N.CH2Cl2.CH4O.2CH3.K.HNO3.H2O4S.Pd/c1-14(2,3)20-13(17)15-8-4-5-10-6-7-11(16(18)19)9-12(10)15;1-14(2,3)18-13(17)16-8-4-5-10-6-7-11(15)9-12(10)16;12-11(13)8-4-3-7-2-1-5-10-9(7)6-8;1-2-6-9-8(4-1)5-3-7-10-9;2-1-3;1-2;;;;2-1-4-3;1-5(2,3)4;/h6-7,9H,4-5,8H2,1-3H3;6-7,9H,4-5,8,15H2,1-3H3;3-4,6,10H,1-2,5H2;1-2,4,6,10H,3,5,7H2;1H2;2H,1H3;2*1H3;;3H;(H2,1,2,3,4);/q;;;;;;2*-1;+1;;;/p-1/i;;;;;;1D;;;;;. The number of hydrogen-bond acceptors (Lipinski definition) is 18. The number of nitro benzene ring substituents is 2. The number of rotatable bonds is 3. The summed E-state index contributed by atoms with van der Waals surface area (Å²) in [4.78, 5) is 58.8. The first-order valence-corrected chi connectivity index (χ1v) is 25.6. The number of benzene rings is 4. The number of fused-ring (bicyclic) bond motifs is 4. The number of para-hydroxylation sites is 1. The van der Waals surface area contributed by atoms with Crippen LogP contribution in [0.25, 0.3) is 0 Å². The first-order valence-electron chi connectivity index (χ1n) is 23.8. The predicted octanol–water partition coefficient (Wildman–Crippen LogP) is 7.48. The van der Waals surface area contributed by atoms with Gasteiger partial charge in [-0.05, 0) is 133 Å². The molecule has 4 aliphatic rings. The molecule has 4 heterocycles. The normalized spacial score (nSPS) is 12.9. The predicted molar refractivity (Wildman–Crippen MR) is 300 cm³/mol. The Kier molecular flexibility index (Phi) is 41.6. The number of carbonyl (C=O) groups is 2. The average molecular weight is 1290 g/mol. The van der Waals surface area contributed by atoms with Gasteiger partial charge in [0, 0.05) is 95.0 Å². The van der Waals surface area contributed by atoms with E-state index >= 15 is 0 Å². The van der Waals surface area contributed by atoms with Crippen LogP contribution >= 0.6 is 23.2 Å². The average Bonchev–Trinajstić information content (AvgIpc) is 3.38. The topological polar surface area (TPSA) is 352 Å². The zero-order valence-electron chi connectivity index (χ0n) is 46.8. The number of aryl methyl sites for hydroxylation is 4. The van der Waals surface area contributed by atoms with Crippen molar-refractivity contribution in [3.05, 3.63) is 141 Å². The van der Waals surface area contributed by atoms with Crippen LogP contribution in [0.4, 0.5) is 49.4 Å². The number of amides is 2. The fraction of sp³-hybridized carbons (Fsp3) is 0.440. The third-order valence-corrected chi connectivity index (χ3v) is 10.1. The van der Waals surface area contributed by atoms with Crippen LogP contribution in [0.1, 0.15) is 90.9 Å². The van der Waals surface area contributed by atoms with Crippen LogP contribution in [0.2, 0.25) is 0 Å². The molecule has 0 saturated heterocycles. The molecule has 0 fully saturated rings. The van der Waals surface area contributed by atoms with Crippen molar-refractivity contribution in [1.82, 2.24) is 0 Å². The van der Waals surface area contributed by atoms with E-state index in [0.29, 0.717) is 24.5 Å². The molecule has 2 amide bonds. The molecule has 0 bridgehead atoms. The van der Waals surface area contributed by atoms with Gasteiger partial charge < -0.3 is 56.0 Å². The van der Waals surface area contributed by atoms with Crippen molar-refractivity contribution in [2.24, 2.45) is 5.34 Å². The zero-order chi connectivity index (χ0) is 58.9. The minimum atomic E-state index is -4.67. The molecule has 4 aromatic carbocycles. The van der Waals surface area contributed by atoms with Gasteiger partial charge in [0.15, 0.2) is 0 Å². The van der Waals surface area contributed by atoms with E-state index in [1.165, 1.54) is 52.0 Å². The molecule has 0 saturated carbocycles. The molecule has 0 aliphatic carbocycles. The fourth-order valence-corrected chi connectivity index (χ4v) is 7.26. The Balaban J connectivity index is -0.000000443. The third kappa shape index (κ3) is 33.3. The maximum absolute atomic E-state index is 12.2. The second-order valence-corrected chi connectivity index (χ2v) is 19.6. The smallest absolute Gasteiger partial charge is 0.635 e. The van der Waals surface area contributed by atoms with Crippen LogP contribution in [0.5, 0.6) is 0 Å². The van der Waals surface area contributed by atoms with Crippen molar-refractivity contribution in [2.75, 3.05) is 64.8 Å². The number of aliphatic hydroxyl groups is 1. The van der Waals surface area contributed by atoms with E-state index in [0.717, 1.165) is 81.2 Å². The summed E-state index contributed by atoms with van der Waals surface area (Å²) >= 11 is 9.53. The molecule has 0 atom stereocenters. The second kappa shape index (κ2) is 41.6. The Morgan fingerprint density at radius 2 is 1.06 bits per heavy atom. The summed E-state index contributed by atoms with van der Waals surface area (Å²) in [6.07, 6.45) is 7.44. The molecule has 0 spiro atoms. The van der Waals surface area contributed by atoms with Crippen molar-refractivity contribution in [3.63, 3.8) is 0 Å². The van der Waals surface area contributed by atoms with Gasteiger partial charge >= 0.3 is 74.0 Å². The Bertz CT molecular complexity index is 2560. The number of hydrogen-bond donors (Lipinski definition) is 6. The minimum absolute atomic E-state index is 0. The maximum Gasteiger partial charge on any atom is 1.00 e. The van der Waals surface area contributed by atoms with Gasteiger partial charge in [-0.15, -0.1) is 28.1 Å². The number of nitrogen functional groups attached to an aromatic ring is 1. The Hall–Kier alpha value is -4.31. The van der Waals surface area contributed by atoms with Crippen molar-refractivity contribution in [1.29, 1.82) is 0 Å². The molecular formula is C50H73Cl2KN8O16PdS-2. The van der Waals surface area contributed by atoms with E-state index in [1.54, 1.807) is 43.9 Å². The largest absolute Gasteiger partial charge is 1.00 e. The Morgan fingerprint density at radius 3 is 1.47 bits per heavy atom. The van der Waals surface area contributed by atoms with Gasteiger partial charge in [0.1, 0.15) is 16.5 Å². The van der Waals surface area contributed by atoms with E-state index in [2.05, 4.69) is 47.3 Å². The van der Waals surface area contributed by atoms with E-state index < -0.39 is 32.6 Å². The van der Waals surface area contributed by atoms with E-state index in [9.17, 15) is 29.8 Å². The van der Waals surface area contributed by atoms with Crippen LogP contribution < -0.4 is 82.8 Å². The van der Waals surface area contributed by atoms with Gasteiger partial charge in [-0.2, -0.15) is 8.42 Å². The number of nitrogens with one attached hydrogen (secondary N) is 2. The van der Waals surface area contributed by atoms with Crippen LogP contribution in [-0.2, 0) is 71.0 Å². The minimum Gasteiger partial charge on any atom is -0.635 e. The number of nitro groups is 2. The first-order chi connectivity index (χ1) is 36.2. The van der Waals surface area contributed by atoms with Crippen LogP contribution in [0.3, 0.4) is 0 Å². The number of aliphatic hydroxyl groups excluding tert-OH is 1. The first kappa shape index (κ1) is 78.9. The quantitative estimate of drug-likeness (QED) is 0.0133. The number of ether oxygens (including phenoxy) is 2. The summed E-state index contributed by atoms with van der Waals surface area (Å²) in [5.41, 5.74) is 14.0. The number of anilines is 5. The number of halogens is 2. The number of non-ortho nitro benzene ring substituents is 2. The molecule has 442 valence electrons. The third-order valence-electron chi connectivity index (χ3n) is 10.1. The van der Waals surface area contributed by atoms with Crippen molar-refractivity contribution < 1.29 is 135 Å². The van der Waals surface area contributed by atoms with Crippen LogP contribution in [0, 0.1) is 40.0 Å². The molecule has 7 N–H and O–H groups in total. The van der Waals surface area contributed by atoms with Gasteiger partial charge in [0.05, 0.1) is 26.6 Å². The van der Waals surface area contributed by atoms with Gasteiger partial charge in [-0.3, -0.25) is 39.1 Å². The van der Waals surface area contributed by atoms with Gasteiger partial charge in [0.25, 0.3) is 11.4 Å². The van der Waals surface area contributed by atoms with Gasteiger partial charge in [0.2, 0.25) is 0 Å². The number of nitrogens with zero attached hydrogens (tertiary/aromatic N) is 5. The van der Waals surface area contributed by atoms with Gasteiger partial charge in [-0.25, -0.2) is 11.0 Å². The van der Waals surface area contributed by atoms with Crippen molar-refractivity contribution in [3.8, 4) is 0 Å². The summed E-state index contributed by atoms with van der Waals surface area (Å²) in [6, 6.07) is 23.9. The van der Waals surface area contributed by atoms with Crippen LogP contribution in [-0.4, -0.2) is 94.5 Å². The molecule has 8 rings (SSSR count). The van der Waals surface area contributed by atoms with E-state index in [-0.39, 0.29) is 107 Å². The molecule has 0 unspecified atom stereocenters. The molecule has 24 nitrogen and oxygen atoms in total. The summed E-state index contributed by atoms with van der Waals surface area (Å²) in [5, 5.41) is 44.8. The Labute approximate surface area is 531 Å². The number of alkyl halides is 2. The number of nitrogens with two attached hydrogens (primary N) is 1. The molecular weight excluding hydrogens is 1220 g/mol. The fourth-order valence-electron chi connectivity index (χ4n) is 7.26. The molecule has 4 aromatic rings. The SMILES string of the molecule is CC(C)(C)OC(=O)N1CCCc2ccc(N)cc21.CC(C)(C)OC(=O)N1CCCc2ccc([N+](=O)[O-])cc21.CO.ClCCl.O=NO[O-].O=S(=O)(O)O.O=[N+]([O-])c1ccc2c(c1)NCCC2.[2H][CH2-].[CH3-].[K+].[Pd].c1ccc2c(c1)CCCN2. The molecule has 79 heavy (non-hydrogen) atoms.